The van der Waals surface area contributed by atoms with E-state index in [1.807, 2.05) is 0 Å². The van der Waals surface area contributed by atoms with Crippen LogP contribution in [0.2, 0.25) is 0 Å². The van der Waals surface area contributed by atoms with Crippen LogP contribution in [0.3, 0.4) is 0 Å². The first-order valence-corrected chi connectivity index (χ1v) is 11.2. The fraction of sp³-hybridized carbons (Fsp3) is 0.320. The Morgan fingerprint density at radius 3 is 2.44 bits per heavy atom. The Labute approximate surface area is 195 Å². The largest absolute Gasteiger partial charge is 0.454 e. The van der Waals surface area contributed by atoms with E-state index in [2.05, 4.69) is 5.32 Å². The highest BCUT2D eigenvalue weighted by molar-refractivity contribution is 6.16. The number of hydrogen-bond acceptors (Lipinski definition) is 6. The van der Waals surface area contributed by atoms with Crippen molar-refractivity contribution < 1.29 is 28.7 Å². The van der Waals surface area contributed by atoms with E-state index in [9.17, 15) is 24.0 Å². The molecule has 5 rings (SSSR count). The number of ether oxygens (including phenoxy) is 1. The summed E-state index contributed by atoms with van der Waals surface area (Å²) in [6, 6.07) is 12.8. The number of para-hydroxylation sites is 1. The number of carbonyl (C=O) groups excluding carboxylic acids is 5. The van der Waals surface area contributed by atoms with Crippen LogP contribution in [0, 0.1) is 0 Å². The summed E-state index contributed by atoms with van der Waals surface area (Å²) in [5, 5.41) is 2.62. The predicted molar refractivity (Wildman–Crippen MR) is 121 cm³/mol. The van der Waals surface area contributed by atoms with Crippen molar-refractivity contribution in [2.24, 2.45) is 0 Å². The molecule has 2 aromatic carbocycles. The number of rotatable bonds is 6. The van der Waals surface area contributed by atoms with E-state index in [0.29, 0.717) is 22.5 Å². The molecule has 2 fully saturated rings. The number of carbonyl (C=O) groups is 5. The number of Topliss-reactive ketones (excluding diaryl/α,β-unsaturated/α-hetero) is 1. The van der Waals surface area contributed by atoms with Gasteiger partial charge in [-0.2, -0.15) is 0 Å². The number of nitrogens with one attached hydrogen (secondary N) is 1. The molecule has 2 aromatic rings. The summed E-state index contributed by atoms with van der Waals surface area (Å²) in [5.41, 5.74) is 0.0358. The number of ketones is 1. The lowest BCUT2D eigenvalue weighted by molar-refractivity contribution is -0.156. The maximum Gasteiger partial charge on any atom is 0.354 e. The van der Waals surface area contributed by atoms with E-state index < -0.39 is 24.0 Å². The quantitative estimate of drug-likeness (QED) is 0.523. The SMILES string of the molecule is CC(=O)Nc1ccc(C(=O)COC(=O)C23CCC(=O)N2c2ccccc2C(=O)N3C2CC2)cc1. The van der Waals surface area contributed by atoms with E-state index in [1.54, 1.807) is 36.4 Å². The number of fused-ring (bicyclic) bond motifs is 3. The Balaban J connectivity index is 1.41. The van der Waals surface area contributed by atoms with Crippen LogP contribution in [0.15, 0.2) is 48.5 Å². The summed E-state index contributed by atoms with van der Waals surface area (Å²) in [7, 11) is 0. The van der Waals surface area contributed by atoms with E-state index in [0.717, 1.165) is 12.8 Å². The third-order valence-corrected chi connectivity index (χ3v) is 6.40. The van der Waals surface area contributed by atoms with Gasteiger partial charge in [-0.1, -0.05) is 12.1 Å². The molecule has 1 saturated heterocycles. The van der Waals surface area contributed by atoms with Crippen LogP contribution in [0.5, 0.6) is 0 Å². The summed E-state index contributed by atoms with van der Waals surface area (Å²) in [6.45, 7) is 0.852. The van der Waals surface area contributed by atoms with Gasteiger partial charge in [0.15, 0.2) is 12.4 Å². The van der Waals surface area contributed by atoms with Crippen molar-refractivity contribution in [3.05, 3.63) is 59.7 Å². The third-order valence-electron chi connectivity index (χ3n) is 6.40. The molecule has 3 aliphatic rings. The van der Waals surface area contributed by atoms with Gasteiger partial charge in [0.2, 0.25) is 17.5 Å². The fourth-order valence-corrected chi connectivity index (χ4v) is 4.79. The minimum atomic E-state index is -1.58. The molecule has 3 amide bonds. The van der Waals surface area contributed by atoms with Crippen molar-refractivity contribution in [3.8, 4) is 0 Å². The molecule has 1 unspecified atom stereocenters. The zero-order chi connectivity index (χ0) is 24.0. The highest BCUT2D eigenvalue weighted by Crippen LogP contribution is 2.49. The summed E-state index contributed by atoms with van der Waals surface area (Å²) >= 11 is 0. The minimum Gasteiger partial charge on any atom is -0.454 e. The summed E-state index contributed by atoms with van der Waals surface area (Å²) < 4.78 is 5.47. The van der Waals surface area contributed by atoms with Crippen molar-refractivity contribution in [3.63, 3.8) is 0 Å². The molecule has 2 heterocycles. The van der Waals surface area contributed by atoms with Crippen molar-refractivity contribution in [1.29, 1.82) is 0 Å². The first-order chi connectivity index (χ1) is 16.3. The molecule has 34 heavy (non-hydrogen) atoms. The lowest BCUT2D eigenvalue weighted by Crippen LogP contribution is -2.69. The first-order valence-electron chi connectivity index (χ1n) is 11.2. The Bertz CT molecular complexity index is 1220. The maximum absolute atomic E-state index is 13.5. The summed E-state index contributed by atoms with van der Waals surface area (Å²) in [4.78, 5) is 66.6. The maximum atomic E-state index is 13.5. The molecular formula is C25H23N3O6. The average Bonchev–Trinajstić information content (AvgIpc) is 3.59. The van der Waals surface area contributed by atoms with E-state index >= 15 is 0 Å². The van der Waals surface area contributed by atoms with Gasteiger partial charge < -0.3 is 15.0 Å². The molecule has 1 saturated carbocycles. The molecular weight excluding hydrogens is 438 g/mol. The smallest absolute Gasteiger partial charge is 0.354 e. The van der Waals surface area contributed by atoms with Crippen molar-refractivity contribution in [2.75, 3.05) is 16.8 Å². The zero-order valence-electron chi connectivity index (χ0n) is 18.6. The van der Waals surface area contributed by atoms with Crippen LogP contribution < -0.4 is 10.2 Å². The van der Waals surface area contributed by atoms with Crippen molar-refractivity contribution in [2.45, 2.75) is 44.3 Å². The normalized spacial score (nSPS) is 21.1. The lowest BCUT2D eigenvalue weighted by Gasteiger charge is -2.48. The Morgan fingerprint density at radius 2 is 1.76 bits per heavy atom. The van der Waals surface area contributed by atoms with Gasteiger partial charge in [-0.3, -0.25) is 24.1 Å². The number of anilines is 2. The molecule has 0 radical (unpaired) electrons. The highest BCUT2D eigenvalue weighted by Gasteiger charge is 2.64. The Morgan fingerprint density at radius 1 is 1.06 bits per heavy atom. The van der Waals surface area contributed by atoms with Crippen LogP contribution in [-0.4, -0.2) is 52.7 Å². The second-order valence-electron chi connectivity index (χ2n) is 8.73. The van der Waals surface area contributed by atoms with E-state index in [-0.39, 0.29) is 36.6 Å². The summed E-state index contributed by atoms with van der Waals surface area (Å²) in [5.74, 6) is -2.01. The van der Waals surface area contributed by atoms with Gasteiger partial charge in [-0.25, -0.2) is 4.79 Å². The van der Waals surface area contributed by atoms with Gasteiger partial charge in [0.1, 0.15) is 0 Å². The standard InChI is InChI=1S/C25H23N3O6/c1-15(29)26-17-8-6-16(7-9-17)21(30)14-34-24(33)25-13-12-22(31)28(25)20-5-3-2-4-19(20)23(32)27(25)18-10-11-18/h2-9,18H,10-14H2,1H3,(H,26,29). The van der Waals surface area contributed by atoms with Gasteiger partial charge in [-0.15, -0.1) is 0 Å². The molecule has 2 aliphatic heterocycles. The van der Waals surface area contributed by atoms with Crippen molar-refractivity contribution in [1.82, 2.24) is 4.90 Å². The Kier molecular flexibility index (Phi) is 5.19. The van der Waals surface area contributed by atoms with Crippen LogP contribution in [0.1, 0.15) is 53.3 Å². The fourth-order valence-electron chi connectivity index (χ4n) is 4.79. The molecule has 9 nitrogen and oxygen atoms in total. The summed E-state index contributed by atoms with van der Waals surface area (Å²) in [6.07, 6.45) is 1.69. The second-order valence-corrected chi connectivity index (χ2v) is 8.73. The van der Waals surface area contributed by atoms with E-state index in [1.165, 1.54) is 28.9 Å². The van der Waals surface area contributed by atoms with Crippen LogP contribution in [0.25, 0.3) is 0 Å². The van der Waals surface area contributed by atoms with E-state index in [4.69, 9.17) is 4.74 Å². The van der Waals surface area contributed by atoms with Gasteiger partial charge in [-0.05, 0) is 49.2 Å². The van der Waals surface area contributed by atoms with Crippen LogP contribution >= 0.6 is 0 Å². The number of esters is 1. The minimum absolute atomic E-state index is 0.0957. The molecule has 1 atom stereocenters. The zero-order valence-corrected chi connectivity index (χ0v) is 18.6. The first kappa shape index (κ1) is 21.8. The number of hydrogen-bond donors (Lipinski definition) is 1. The number of amides is 3. The van der Waals surface area contributed by atoms with Crippen LogP contribution in [0.4, 0.5) is 11.4 Å². The topological polar surface area (TPSA) is 113 Å². The van der Waals surface area contributed by atoms with Gasteiger partial charge in [0, 0.05) is 37.1 Å². The molecule has 174 valence electrons. The third kappa shape index (κ3) is 3.44. The second kappa shape index (κ2) is 8.09. The molecule has 0 aromatic heterocycles. The highest BCUT2D eigenvalue weighted by atomic mass is 16.5. The monoisotopic (exact) mass is 461 g/mol. The molecule has 0 spiro atoms. The van der Waals surface area contributed by atoms with Gasteiger partial charge in [0.25, 0.3) is 5.91 Å². The molecule has 0 bridgehead atoms. The van der Waals surface area contributed by atoms with Crippen molar-refractivity contribution >= 4 is 40.8 Å². The van der Waals surface area contributed by atoms with Gasteiger partial charge in [0.05, 0.1) is 11.3 Å². The predicted octanol–water partition coefficient (Wildman–Crippen LogP) is 2.51. The Hall–Kier alpha value is -4.01. The number of benzene rings is 2. The molecule has 1 N–H and O–H groups in total. The molecule has 9 heteroatoms. The van der Waals surface area contributed by atoms with Crippen LogP contribution in [-0.2, 0) is 19.1 Å². The molecule has 1 aliphatic carbocycles. The average molecular weight is 461 g/mol. The lowest BCUT2D eigenvalue weighted by atomic mass is 9.96. The van der Waals surface area contributed by atoms with Gasteiger partial charge >= 0.3 is 5.97 Å². The number of nitrogens with zero attached hydrogens (tertiary/aromatic N) is 2.